The molecule has 0 radical (unpaired) electrons. The van der Waals surface area contributed by atoms with E-state index in [0.29, 0.717) is 22.4 Å². The minimum absolute atomic E-state index is 0.164. The van der Waals surface area contributed by atoms with Gasteiger partial charge in [0.1, 0.15) is 12.4 Å². The van der Waals surface area contributed by atoms with E-state index in [9.17, 15) is 4.79 Å². The number of carbonyl (C=O) groups excluding carboxylic acids is 1. The predicted molar refractivity (Wildman–Crippen MR) is 117 cm³/mol. The van der Waals surface area contributed by atoms with Crippen LogP contribution in [0.5, 0.6) is 5.75 Å². The predicted octanol–water partition coefficient (Wildman–Crippen LogP) is 5.30. The molecule has 0 atom stereocenters. The second-order valence-corrected chi connectivity index (χ2v) is 7.15. The smallest absolute Gasteiger partial charge is 0.264 e. The quantitative estimate of drug-likeness (QED) is 0.478. The number of amidine groups is 1. The van der Waals surface area contributed by atoms with Crippen LogP contribution < -0.4 is 10.1 Å². The summed E-state index contributed by atoms with van der Waals surface area (Å²) in [6, 6.07) is 21.6. The first-order valence-corrected chi connectivity index (χ1v) is 9.66. The fourth-order valence-electron chi connectivity index (χ4n) is 2.92. The number of rotatable bonds is 5. The molecular formula is C23H18N2O2S. The Morgan fingerprint density at radius 1 is 1.04 bits per heavy atom. The normalized spacial score (nSPS) is 16.5. The van der Waals surface area contributed by atoms with Crippen LogP contribution in [0, 0.1) is 0 Å². The van der Waals surface area contributed by atoms with Gasteiger partial charge in [-0.3, -0.25) is 4.79 Å². The van der Waals surface area contributed by atoms with E-state index in [1.807, 2.05) is 72.8 Å². The van der Waals surface area contributed by atoms with E-state index in [2.05, 4.69) is 16.9 Å². The van der Waals surface area contributed by atoms with Crippen molar-refractivity contribution in [2.75, 3.05) is 6.61 Å². The summed E-state index contributed by atoms with van der Waals surface area (Å²) in [7, 11) is 0. The molecule has 4 nitrogen and oxygen atoms in total. The van der Waals surface area contributed by atoms with Crippen LogP contribution in [0.1, 0.15) is 5.56 Å². The standard InChI is InChI=1S/C23H18N2O2S/c1-2-14-27-20-13-6-4-9-17(20)15-21-22(26)25-23(28-21)24-19-12-7-10-16-8-3-5-11-18(16)19/h2-13,15H,1,14H2,(H,24,25,26). The lowest BCUT2D eigenvalue weighted by Gasteiger charge is -2.06. The third kappa shape index (κ3) is 3.85. The SMILES string of the molecule is C=CCOc1ccccc1C=C1SC(=Nc2cccc3ccccc23)NC1=O. The van der Waals surface area contributed by atoms with Gasteiger partial charge in [0.15, 0.2) is 5.17 Å². The minimum Gasteiger partial charge on any atom is -0.489 e. The Morgan fingerprint density at radius 2 is 1.82 bits per heavy atom. The summed E-state index contributed by atoms with van der Waals surface area (Å²) in [4.78, 5) is 17.7. The highest BCUT2D eigenvalue weighted by molar-refractivity contribution is 8.18. The number of fused-ring (bicyclic) bond motifs is 1. The van der Waals surface area contributed by atoms with E-state index in [1.165, 1.54) is 11.8 Å². The summed E-state index contributed by atoms with van der Waals surface area (Å²) in [5, 5.41) is 5.58. The van der Waals surface area contributed by atoms with Crippen molar-refractivity contribution in [2.45, 2.75) is 0 Å². The van der Waals surface area contributed by atoms with Crippen molar-refractivity contribution < 1.29 is 9.53 Å². The number of nitrogens with one attached hydrogen (secondary N) is 1. The summed E-state index contributed by atoms with van der Waals surface area (Å²) >= 11 is 1.32. The number of nitrogens with zero attached hydrogens (tertiary/aromatic N) is 1. The van der Waals surface area contributed by atoms with Crippen LogP contribution >= 0.6 is 11.8 Å². The summed E-state index contributed by atoms with van der Waals surface area (Å²) in [5.74, 6) is 0.547. The first kappa shape index (κ1) is 18.1. The molecule has 0 unspecified atom stereocenters. The van der Waals surface area contributed by atoms with Gasteiger partial charge in [-0.2, -0.15) is 0 Å². The van der Waals surface area contributed by atoms with E-state index in [1.54, 1.807) is 6.08 Å². The molecule has 1 N–H and O–H groups in total. The fraction of sp³-hybridized carbons (Fsp3) is 0.0435. The van der Waals surface area contributed by atoms with E-state index < -0.39 is 0 Å². The van der Waals surface area contributed by atoms with E-state index in [4.69, 9.17) is 4.74 Å². The highest BCUT2D eigenvalue weighted by atomic mass is 32.2. The second-order valence-electron chi connectivity index (χ2n) is 6.12. The number of benzene rings is 3. The Hall–Kier alpha value is -3.31. The Kier molecular flexibility index (Phi) is 5.26. The summed E-state index contributed by atoms with van der Waals surface area (Å²) in [6.45, 7) is 4.08. The average molecular weight is 386 g/mol. The van der Waals surface area contributed by atoms with Gasteiger partial charge in [0.25, 0.3) is 5.91 Å². The maximum Gasteiger partial charge on any atom is 0.264 e. The Morgan fingerprint density at radius 3 is 2.71 bits per heavy atom. The molecule has 1 aliphatic heterocycles. The topological polar surface area (TPSA) is 50.7 Å². The molecule has 138 valence electrons. The summed E-state index contributed by atoms with van der Waals surface area (Å²) in [5.41, 5.74) is 1.67. The van der Waals surface area contributed by atoms with Gasteiger partial charge in [0.05, 0.1) is 10.6 Å². The molecule has 1 amide bonds. The maximum absolute atomic E-state index is 12.4. The largest absolute Gasteiger partial charge is 0.489 e. The van der Waals surface area contributed by atoms with Gasteiger partial charge in [-0.05, 0) is 35.4 Å². The Bertz CT molecular complexity index is 1110. The maximum atomic E-state index is 12.4. The first-order valence-electron chi connectivity index (χ1n) is 8.84. The van der Waals surface area contributed by atoms with Crippen molar-refractivity contribution in [3.05, 3.63) is 89.9 Å². The molecule has 0 spiro atoms. The van der Waals surface area contributed by atoms with Crippen molar-refractivity contribution >= 4 is 45.4 Å². The lowest BCUT2D eigenvalue weighted by molar-refractivity contribution is -0.115. The van der Waals surface area contributed by atoms with Gasteiger partial charge >= 0.3 is 0 Å². The van der Waals surface area contributed by atoms with Crippen LogP contribution in [-0.4, -0.2) is 17.7 Å². The number of hydrogen-bond donors (Lipinski definition) is 1. The molecule has 28 heavy (non-hydrogen) atoms. The van der Waals surface area contributed by atoms with E-state index in [0.717, 1.165) is 22.0 Å². The molecule has 3 aromatic carbocycles. The molecule has 3 aromatic rings. The Balaban J connectivity index is 1.63. The highest BCUT2D eigenvalue weighted by Gasteiger charge is 2.24. The third-order valence-electron chi connectivity index (χ3n) is 4.20. The van der Waals surface area contributed by atoms with Crippen molar-refractivity contribution in [3.8, 4) is 5.75 Å². The molecule has 0 bridgehead atoms. The van der Waals surface area contributed by atoms with Crippen molar-refractivity contribution in [3.63, 3.8) is 0 Å². The number of para-hydroxylation sites is 1. The molecule has 5 heteroatoms. The lowest BCUT2D eigenvalue weighted by Crippen LogP contribution is -2.19. The number of aliphatic imine (C=N–C) groups is 1. The third-order valence-corrected chi connectivity index (χ3v) is 5.11. The van der Waals surface area contributed by atoms with Crippen molar-refractivity contribution in [1.82, 2.24) is 5.32 Å². The summed E-state index contributed by atoms with van der Waals surface area (Å²) in [6.07, 6.45) is 3.51. The fourth-order valence-corrected chi connectivity index (χ4v) is 3.74. The highest BCUT2D eigenvalue weighted by Crippen LogP contribution is 2.32. The molecule has 0 saturated carbocycles. The van der Waals surface area contributed by atoms with Gasteiger partial charge in [-0.25, -0.2) is 4.99 Å². The number of carbonyl (C=O) groups is 1. The molecule has 1 fully saturated rings. The molecular weight excluding hydrogens is 368 g/mol. The molecule has 0 aromatic heterocycles. The summed E-state index contributed by atoms with van der Waals surface area (Å²) < 4.78 is 5.67. The Labute approximate surface area is 167 Å². The van der Waals surface area contributed by atoms with Crippen molar-refractivity contribution in [1.29, 1.82) is 0 Å². The lowest BCUT2D eigenvalue weighted by atomic mass is 10.1. The first-order chi connectivity index (χ1) is 13.7. The molecule has 1 aliphatic rings. The van der Waals surface area contributed by atoms with Crippen LogP contribution in [0.3, 0.4) is 0 Å². The van der Waals surface area contributed by atoms with Gasteiger partial charge in [0.2, 0.25) is 0 Å². The van der Waals surface area contributed by atoms with Gasteiger partial charge < -0.3 is 10.1 Å². The minimum atomic E-state index is -0.164. The van der Waals surface area contributed by atoms with Crippen LogP contribution in [0.2, 0.25) is 0 Å². The zero-order valence-corrected chi connectivity index (χ0v) is 15.9. The molecule has 0 aliphatic carbocycles. The van der Waals surface area contributed by atoms with E-state index in [-0.39, 0.29) is 5.91 Å². The van der Waals surface area contributed by atoms with Crippen LogP contribution in [0.25, 0.3) is 16.8 Å². The second kappa shape index (κ2) is 8.15. The molecule has 1 saturated heterocycles. The number of hydrogen-bond acceptors (Lipinski definition) is 4. The van der Waals surface area contributed by atoms with Crippen LogP contribution in [0.15, 0.2) is 89.3 Å². The zero-order valence-electron chi connectivity index (χ0n) is 15.1. The van der Waals surface area contributed by atoms with E-state index >= 15 is 0 Å². The van der Waals surface area contributed by atoms with Gasteiger partial charge in [-0.1, -0.05) is 67.3 Å². The van der Waals surface area contributed by atoms with Crippen LogP contribution in [0.4, 0.5) is 5.69 Å². The number of amides is 1. The molecule has 1 heterocycles. The van der Waals surface area contributed by atoms with Gasteiger partial charge in [-0.15, -0.1) is 0 Å². The number of thioether (sulfide) groups is 1. The average Bonchev–Trinajstić information content (AvgIpc) is 3.06. The molecule has 4 rings (SSSR count). The van der Waals surface area contributed by atoms with Gasteiger partial charge in [0, 0.05) is 10.9 Å². The monoisotopic (exact) mass is 386 g/mol. The van der Waals surface area contributed by atoms with Crippen LogP contribution in [-0.2, 0) is 4.79 Å². The van der Waals surface area contributed by atoms with Crippen molar-refractivity contribution in [2.24, 2.45) is 4.99 Å². The number of ether oxygens (including phenoxy) is 1. The zero-order chi connectivity index (χ0) is 19.3.